The predicted octanol–water partition coefficient (Wildman–Crippen LogP) is 4.09. The number of rotatable bonds is 8. The molecule has 0 aliphatic heterocycles. The van der Waals surface area contributed by atoms with Crippen LogP contribution in [0.1, 0.15) is 18.9 Å². The molecule has 3 rings (SSSR count). The average molecular weight is 403 g/mol. The molecule has 9 heteroatoms. The highest BCUT2D eigenvalue weighted by Gasteiger charge is 2.18. The summed E-state index contributed by atoms with van der Waals surface area (Å²) in [7, 11) is 1.53. The van der Waals surface area contributed by atoms with E-state index in [4.69, 9.17) is 13.9 Å². The van der Waals surface area contributed by atoms with E-state index in [1.807, 2.05) is 6.07 Å². The zero-order valence-electron chi connectivity index (χ0n) is 15.2. The van der Waals surface area contributed by atoms with E-state index in [1.165, 1.54) is 19.2 Å². The molecule has 0 fully saturated rings. The first kappa shape index (κ1) is 19.7. The summed E-state index contributed by atoms with van der Waals surface area (Å²) in [5, 5.41) is 10.8. The Kier molecular flexibility index (Phi) is 6.49. The summed E-state index contributed by atoms with van der Waals surface area (Å²) in [5.41, 5.74) is 0.578. The minimum atomic E-state index is -0.638. The second kappa shape index (κ2) is 9.23. The molecule has 1 amide bonds. The minimum Gasteiger partial charge on any atom is -0.495 e. The molecule has 0 saturated heterocycles. The van der Waals surface area contributed by atoms with Crippen LogP contribution in [0.4, 0.5) is 10.1 Å². The fraction of sp³-hybridized carbons (Fsp3) is 0.211. The van der Waals surface area contributed by atoms with Gasteiger partial charge in [-0.15, -0.1) is 10.2 Å². The summed E-state index contributed by atoms with van der Waals surface area (Å²) < 4.78 is 29.8. The van der Waals surface area contributed by atoms with Crippen LogP contribution in [-0.4, -0.2) is 29.0 Å². The number of para-hydroxylation sites is 3. The molecule has 28 heavy (non-hydrogen) atoms. The number of hydrogen-bond donors (Lipinski definition) is 1. The molecule has 146 valence electrons. The van der Waals surface area contributed by atoms with Gasteiger partial charge in [-0.05, 0) is 31.2 Å². The van der Waals surface area contributed by atoms with Crippen LogP contribution in [0, 0.1) is 5.82 Å². The van der Waals surface area contributed by atoms with Crippen LogP contribution < -0.4 is 14.8 Å². The van der Waals surface area contributed by atoms with E-state index in [9.17, 15) is 9.18 Å². The summed E-state index contributed by atoms with van der Waals surface area (Å²) >= 11 is 1.09. The van der Waals surface area contributed by atoms with Crippen molar-refractivity contribution in [3.05, 3.63) is 60.2 Å². The molecule has 1 aromatic heterocycles. The highest BCUT2D eigenvalue weighted by molar-refractivity contribution is 7.99. The van der Waals surface area contributed by atoms with Crippen LogP contribution >= 0.6 is 11.8 Å². The zero-order chi connectivity index (χ0) is 19.9. The van der Waals surface area contributed by atoms with Gasteiger partial charge in [-0.1, -0.05) is 36.0 Å². The van der Waals surface area contributed by atoms with E-state index in [2.05, 4.69) is 15.5 Å². The molecule has 0 radical (unpaired) electrons. The van der Waals surface area contributed by atoms with Gasteiger partial charge >= 0.3 is 0 Å². The number of carbonyl (C=O) groups excluding carboxylic acids is 1. The number of nitrogens with zero attached hydrogens (tertiary/aromatic N) is 2. The van der Waals surface area contributed by atoms with Gasteiger partial charge in [0, 0.05) is 0 Å². The van der Waals surface area contributed by atoms with Crippen LogP contribution in [0.15, 0.2) is 58.2 Å². The Labute approximate surface area is 165 Å². The van der Waals surface area contributed by atoms with Crippen molar-refractivity contribution < 1.29 is 23.1 Å². The number of aromatic nitrogens is 2. The lowest BCUT2D eigenvalue weighted by Crippen LogP contribution is -2.14. The molecule has 0 unspecified atom stereocenters. The Morgan fingerprint density at radius 1 is 1.18 bits per heavy atom. The van der Waals surface area contributed by atoms with Crippen LogP contribution in [0.3, 0.4) is 0 Å². The number of ether oxygens (including phenoxy) is 2. The number of nitrogens with one attached hydrogen (secondary N) is 1. The second-order valence-corrected chi connectivity index (χ2v) is 6.56. The molecule has 1 atom stereocenters. The molecule has 2 aromatic carbocycles. The van der Waals surface area contributed by atoms with Crippen molar-refractivity contribution in [2.24, 2.45) is 0 Å². The van der Waals surface area contributed by atoms with Crippen LogP contribution in [-0.2, 0) is 4.79 Å². The summed E-state index contributed by atoms with van der Waals surface area (Å²) in [4.78, 5) is 12.1. The third-order valence-electron chi connectivity index (χ3n) is 3.62. The van der Waals surface area contributed by atoms with Crippen molar-refractivity contribution in [1.29, 1.82) is 0 Å². The van der Waals surface area contributed by atoms with Gasteiger partial charge in [-0.25, -0.2) is 4.39 Å². The average Bonchev–Trinajstić information content (AvgIpc) is 3.18. The maximum absolute atomic E-state index is 13.7. The normalized spacial score (nSPS) is 11.7. The van der Waals surface area contributed by atoms with Gasteiger partial charge in [0.2, 0.25) is 5.91 Å². The van der Waals surface area contributed by atoms with Crippen LogP contribution in [0.5, 0.6) is 11.5 Å². The van der Waals surface area contributed by atoms with Gasteiger partial charge in [0.05, 0.1) is 18.6 Å². The molecule has 0 aliphatic rings. The number of methoxy groups -OCH3 is 1. The Morgan fingerprint density at radius 2 is 1.89 bits per heavy atom. The summed E-state index contributed by atoms with van der Waals surface area (Å²) in [5.74, 6) is 0.207. The van der Waals surface area contributed by atoms with Crippen LogP contribution in [0.2, 0.25) is 0 Å². The van der Waals surface area contributed by atoms with Gasteiger partial charge < -0.3 is 19.2 Å². The first-order valence-corrected chi connectivity index (χ1v) is 9.35. The van der Waals surface area contributed by atoms with E-state index in [0.29, 0.717) is 11.4 Å². The van der Waals surface area contributed by atoms with Gasteiger partial charge in [0.15, 0.2) is 17.7 Å². The second-order valence-electron chi connectivity index (χ2n) is 5.63. The molecular formula is C19H18FN3O4S. The van der Waals surface area contributed by atoms with Crippen molar-refractivity contribution in [2.75, 3.05) is 18.2 Å². The Bertz CT molecular complexity index is 950. The van der Waals surface area contributed by atoms with E-state index >= 15 is 0 Å². The smallest absolute Gasteiger partial charge is 0.277 e. The molecule has 0 saturated carbocycles. The maximum atomic E-state index is 13.7. The first-order valence-electron chi connectivity index (χ1n) is 8.37. The highest BCUT2D eigenvalue weighted by atomic mass is 32.2. The van der Waals surface area contributed by atoms with Gasteiger partial charge in [-0.3, -0.25) is 4.79 Å². The van der Waals surface area contributed by atoms with E-state index in [-0.39, 0.29) is 28.5 Å². The van der Waals surface area contributed by atoms with Gasteiger partial charge in [-0.2, -0.15) is 0 Å². The Hall–Kier alpha value is -3.07. The lowest BCUT2D eigenvalue weighted by Gasteiger charge is -2.11. The van der Waals surface area contributed by atoms with Gasteiger partial charge in [0.1, 0.15) is 5.75 Å². The quantitative estimate of drug-likeness (QED) is 0.567. The van der Waals surface area contributed by atoms with E-state index in [1.54, 1.807) is 37.3 Å². The van der Waals surface area contributed by atoms with Crippen LogP contribution in [0.25, 0.3) is 0 Å². The predicted molar refractivity (Wildman–Crippen MR) is 102 cm³/mol. The fourth-order valence-electron chi connectivity index (χ4n) is 2.29. The summed E-state index contributed by atoms with van der Waals surface area (Å²) in [6.07, 6.45) is -0.638. The fourth-order valence-corrected chi connectivity index (χ4v) is 2.86. The monoisotopic (exact) mass is 403 g/mol. The number of thioether (sulfide) groups is 1. The minimum absolute atomic E-state index is 0.0717. The molecule has 3 aromatic rings. The number of carbonyl (C=O) groups is 1. The van der Waals surface area contributed by atoms with E-state index < -0.39 is 11.9 Å². The number of anilines is 1. The van der Waals surface area contributed by atoms with E-state index in [0.717, 1.165) is 11.8 Å². The lowest BCUT2D eigenvalue weighted by molar-refractivity contribution is -0.113. The molecule has 0 spiro atoms. The standard InChI is InChI=1S/C19H18FN3O4S/c1-12(26-15-9-5-3-7-13(15)20)18-22-23-19(27-18)28-11-17(24)21-14-8-4-6-10-16(14)25-2/h3-10,12H,11H2,1-2H3,(H,21,24)/t12-/m0/s1. The molecule has 1 N–H and O–H groups in total. The topological polar surface area (TPSA) is 86.5 Å². The Morgan fingerprint density at radius 3 is 2.64 bits per heavy atom. The zero-order valence-corrected chi connectivity index (χ0v) is 16.0. The molecule has 0 aliphatic carbocycles. The third-order valence-corrected chi connectivity index (χ3v) is 4.44. The summed E-state index contributed by atoms with van der Waals surface area (Å²) in [6.45, 7) is 1.67. The molecule has 7 nitrogen and oxygen atoms in total. The molecule has 1 heterocycles. The lowest BCUT2D eigenvalue weighted by atomic mass is 10.3. The van der Waals surface area contributed by atoms with Crippen molar-refractivity contribution in [3.8, 4) is 11.5 Å². The number of amides is 1. The highest BCUT2D eigenvalue weighted by Crippen LogP contribution is 2.26. The number of benzene rings is 2. The number of halogens is 1. The van der Waals surface area contributed by atoms with Crippen molar-refractivity contribution in [1.82, 2.24) is 10.2 Å². The molecular weight excluding hydrogens is 385 g/mol. The van der Waals surface area contributed by atoms with Gasteiger partial charge in [0.25, 0.3) is 11.1 Å². The SMILES string of the molecule is COc1ccccc1NC(=O)CSc1nnc([C@H](C)Oc2ccccc2F)o1. The largest absolute Gasteiger partial charge is 0.495 e. The number of hydrogen-bond acceptors (Lipinski definition) is 7. The Balaban J connectivity index is 1.54. The molecule has 0 bridgehead atoms. The van der Waals surface area contributed by atoms with Crippen molar-refractivity contribution >= 4 is 23.4 Å². The maximum Gasteiger partial charge on any atom is 0.277 e. The third kappa shape index (κ3) is 5.01. The van der Waals surface area contributed by atoms with Crippen molar-refractivity contribution in [3.63, 3.8) is 0 Å². The first-order chi connectivity index (χ1) is 13.6. The summed E-state index contributed by atoms with van der Waals surface area (Å²) in [6, 6.07) is 13.2. The van der Waals surface area contributed by atoms with Crippen molar-refractivity contribution in [2.45, 2.75) is 18.3 Å².